The van der Waals surface area contributed by atoms with Crippen LogP contribution in [0.15, 0.2) is 12.2 Å². The molecule has 0 heterocycles. The van der Waals surface area contributed by atoms with Gasteiger partial charge in [-0.25, -0.2) is 9.59 Å². The number of hydrogen-bond acceptors (Lipinski definition) is 4. The van der Waals surface area contributed by atoms with Crippen molar-refractivity contribution >= 4 is 12.2 Å². The van der Waals surface area contributed by atoms with Gasteiger partial charge in [0.25, 0.3) is 0 Å². The van der Waals surface area contributed by atoms with Crippen molar-refractivity contribution in [2.45, 2.75) is 18.6 Å². The van der Waals surface area contributed by atoms with E-state index < -0.39 is 24.4 Å². The van der Waals surface area contributed by atoms with Gasteiger partial charge < -0.3 is 20.9 Å². The minimum Gasteiger partial charge on any atom is -0.442 e. The van der Waals surface area contributed by atoms with Gasteiger partial charge in [-0.15, -0.1) is 0 Å². The van der Waals surface area contributed by atoms with Crippen molar-refractivity contribution in [3.8, 4) is 0 Å². The number of ether oxygens (including phenoxy) is 2. The van der Waals surface area contributed by atoms with E-state index in [1.807, 2.05) is 12.2 Å². The van der Waals surface area contributed by atoms with Crippen molar-refractivity contribution < 1.29 is 19.1 Å². The molecule has 4 atom stereocenters. The summed E-state index contributed by atoms with van der Waals surface area (Å²) >= 11 is 0. The molecule has 82 valence electrons. The van der Waals surface area contributed by atoms with E-state index in [1.54, 1.807) is 0 Å². The van der Waals surface area contributed by atoms with E-state index >= 15 is 0 Å². The average molecular weight is 212 g/mol. The molecule has 1 saturated carbocycles. The molecule has 2 aliphatic rings. The van der Waals surface area contributed by atoms with Crippen molar-refractivity contribution in [1.29, 1.82) is 0 Å². The van der Waals surface area contributed by atoms with Crippen molar-refractivity contribution in [3.05, 3.63) is 12.2 Å². The lowest BCUT2D eigenvalue weighted by atomic mass is 10.0. The number of fused-ring (bicyclic) bond motifs is 2. The first-order valence-electron chi connectivity index (χ1n) is 4.68. The Kier molecular flexibility index (Phi) is 2.26. The molecule has 6 heteroatoms. The van der Waals surface area contributed by atoms with Crippen molar-refractivity contribution in [1.82, 2.24) is 0 Å². The highest BCUT2D eigenvalue weighted by atomic mass is 16.6. The SMILES string of the molecule is NC(=O)OC1C(OC(N)=O)[C@H]2C=C[C@@H]1C2. The minimum absolute atomic E-state index is 0.0758. The number of hydrogen-bond donors (Lipinski definition) is 2. The molecule has 0 saturated heterocycles. The molecule has 0 aromatic heterocycles. The second kappa shape index (κ2) is 3.45. The summed E-state index contributed by atoms with van der Waals surface area (Å²) in [5.74, 6) is 0.152. The third-order valence-corrected chi connectivity index (χ3v) is 2.82. The summed E-state index contributed by atoms with van der Waals surface area (Å²) in [7, 11) is 0. The third kappa shape index (κ3) is 1.74. The largest absolute Gasteiger partial charge is 0.442 e. The molecular weight excluding hydrogens is 200 g/mol. The monoisotopic (exact) mass is 212 g/mol. The first kappa shape index (κ1) is 9.82. The van der Waals surface area contributed by atoms with E-state index in [2.05, 4.69) is 0 Å². The lowest BCUT2D eigenvalue weighted by molar-refractivity contribution is -0.00839. The average Bonchev–Trinajstić information content (AvgIpc) is 2.67. The Morgan fingerprint density at radius 1 is 1.00 bits per heavy atom. The van der Waals surface area contributed by atoms with Gasteiger partial charge >= 0.3 is 12.2 Å². The fourth-order valence-corrected chi connectivity index (χ4v) is 2.31. The van der Waals surface area contributed by atoms with E-state index in [4.69, 9.17) is 20.9 Å². The fraction of sp³-hybridized carbons (Fsp3) is 0.556. The van der Waals surface area contributed by atoms with Crippen LogP contribution in [-0.4, -0.2) is 24.4 Å². The molecule has 15 heavy (non-hydrogen) atoms. The highest BCUT2D eigenvalue weighted by Crippen LogP contribution is 2.42. The molecule has 2 bridgehead atoms. The second-order valence-corrected chi connectivity index (χ2v) is 3.75. The highest BCUT2D eigenvalue weighted by molar-refractivity contribution is 5.66. The Bertz CT molecular complexity index is 298. The third-order valence-electron chi connectivity index (χ3n) is 2.82. The second-order valence-electron chi connectivity index (χ2n) is 3.75. The Labute approximate surface area is 86.2 Å². The molecule has 0 aromatic carbocycles. The van der Waals surface area contributed by atoms with Crippen LogP contribution in [-0.2, 0) is 9.47 Å². The summed E-state index contributed by atoms with van der Waals surface area (Å²) in [5.41, 5.74) is 9.88. The maximum absolute atomic E-state index is 10.7. The zero-order valence-electron chi connectivity index (χ0n) is 7.96. The summed E-state index contributed by atoms with van der Waals surface area (Å²) in [6, 6.07) is 0. The quantitative estimate of drug-likeness (QED) is 0.634. The van der Waals surface area contributed by atoms with Gasteiger partial charge in [0.05, 0.1) is 0 Å². The highest BCUT2D eigenvalue weighted by Gasteiger charge is 2.49. The molecular formula is C9H12N2O4. The molecule has 2 rings (SSSR count). The lowest BCUT2D eigenvalue weighted by Crippen LogP contribution is -2.40. The minimum atomic E-state index is -0.862. The lowest BCUT2D eigenvalue weighted by Gasteiger charge is -2.26. The van der Waals surface area contributed by atoms with Gasteiger partial charge in [0.2, 0.25) is 0 Å². The predicted molar refractivity (Wildman–Crippen MR) is 49.6 cm³/mol. The zero-order valence-corrected chi connectivity index (χ0v) is 7.96. The number of carbonyl (C=O) groups excluding carboxylic acids is 2. The number of rotatable bonds is 2. The Morgan fingerprint density at radius 2 is 1.40 bits per heavy atom. The van der Waals surface area contributed by atoms with Crippen LogP contribution in [0.2, 0.25) is 0 Å². The van der Waals surface area contributed by atoms with Crippen LogP contribution >= 0.6 is 0 Å². The maximum atomic E-state index is 10.7. The number of amides is 2. The fourth-order valence-electron chi connectivity index (χ4n) is 2.31. The summed E-state index contributed by atoms with van der Waals surface area (Å²) in [6.45, 7) is 0. The summed E-state index contributed by atoms with van der Waals surface area (Å²) < 4.78 is 9.83. The van der Waals surface area contributed by atoms with E-state index in [1.165, 1.54) is 0 Å². The molecule has 1 fully saturated rings. The summed E-state index contributed by atoms with van der Waals surface area (Å²) in [5, 5.41) is 0. The molecule has 2 aliphatic carbocycles. The molecule has 4 N–H and O–H groups in total. The first-order valence-corrected chi connectivity index (χ1v) is 4.68. The van der Waals surface area contributed by atoms with E-state index in [0.29, 0.717) is 0 Å². The number of primary amides is 2. The van der Waals surface area contributed by atoms with Crippen LogP contribution in [0.25, 0.3) is 0 Å². The summed E-state index contributed by atoms with van der Waals surface area (Å²) in [4.78, 5) is 21.3. The molecule has 0 radical (unpaired) electrons. The van der Waals surface area contributed by atoms with Crippen LogP contribution in [0.5, 0.6) is 0 Å². The van der Waals surface area contributed by atoms with Crippen molar-refractivity contribution in [3.63, 3.8) is 0 Å². The molecule has 0 aromatic rings. The van der Waals surface area contributed by atoms with Crippen LogP contribution in [0.1, 0.15) is 6.42 Å². The maximum Gasteiger partial charge on any atom is 0.404 e. The van der Waals surface area contributed by atoms with Crippen LogP contribution in [0, 0.1) is 11.8 Å². The van der Waals surface area contributed by atoms with Crippen molar-refractivity contribution in [2.75, 3.05) is 0 Å². The molecule has 0 aliphatic heterocycles. The smallest absolute Gasteiger partial charge is 0.404 e. The van der Waals surface area contributed by atoms with E-state index in [0.717, 1.165) is 6.42 Å². The van der Waals surface area contributed by atoms with Gasteiger partial charge in [-0.05, 0) is 6.42 Å². The molecule has 0 spiro atoms. The standard InChI is InChI=1S/C9H12N2O4/c10-8(12)14-6-4-1-2-5(3-4)7(6)15-9(11)13/h1-2,4-7H,3H2,(H2,10,12)(H2,11,13)/t4-,5+,6?,7?. The Balaban J connectivity index is 2.09. The van der Waals surface area contributed by atoms with Crippen molar-refractivity contribution in [2.24, 2.45) is 23.3 Å². The van der Waals surface area contributed by atoms with Crippen LogP contribution in [0.4, 0.5) is 9.59 Å². The van der Waals surface area contributed by atoms with Gasteiger partial charge in [-0.1, -0.05) is 12.2 Å². The Hall–Kier alpha value is -1.72. The first-order chi connectivity index (χ1) is 7.08. The topological polar surface area (TPSA) is 105 Å². The van der Waals surface area contributed by atoms with Gasteiger partial charge in [0.15, 0.2) is 0 Å². The molecule has 2 amide bonds. The Morgan fingerprint density at radius 3 is 1.73 bits per heavy atom. The van der Waals surface area contributed by atoms with Crippen LogP contribution in [0.3, 0.4) is 0 Å². The normalized spacial score (nSPS) is 36.5. The van der Waals surface area contributed by atoms with Gasteiger partial charge in [0.1, 0.15) is 12.2 Å². The van der Waals surface area contributed by atoms with E-state index in [-0.39, 0.29) is 11.8 Å². The predicted octanol–water partition coefficient (Wildman–Crippen LogP) is 0.120. The van der Waals surface area contributed by atoms with Gasteiger partial charge in [0, 0.05) is 11.8 Å². The number of nitrogens with two attached hydrogens (primary N) is 2. The van der Waals surface area contributed by atoms with E-state index in [9.17, 15) is 9.59 Å². The summed E-state index contributed by atoms with van der Waals surface area (Å²) in [6.07, 6.45) is 1.97. The molecule has 2 unspecified atom stereocenters. The van der Waals surface area contributed by atoms with Gasteiger partial charge in [-0.2, -0.15) is 0 Å². The molecule has 6 nitrogen and oxygen atoms in total. The van der Waals surface area contributed by atoms with Gasteiger partial charge in [-0.3, -0.25) is 0 Å². The van der Waals surface area contributed by atoms with Crippen LogP contribution < -0.4 is 11.5 Å². The number of carbonyl (C=O) groups is 2. The zero-order chi connectivity index (χ0) is 11.0.